The Hall–Kier alpha value is -2.29. The first-order valence-corrected chi connectivity index (χ1v) is 6.87. The van der Waals surface area contributed by atoms with Crippen LogP contribution in [0.1, 0.15) is 27.0 Å². The Morgan fingerprint density at radius 1 is 1.15 bits per heavy atom. The van der Waals surface area contributed by atoms with Gasteiger partial charge in [0.25, 0.3) is 5.91 Å². The Morgan fingerprint density at radius 3 is 2.65 bits per heavy atom. The molecular weight excluding hydrogens is 248 g/mol. The molecule has 0 atom stereocenters. The minimum absolute atomic E-state index is 0.0944. The highest BCUT2D eigenvalue weighted by Gasteiger charge is 2.22. The van der Waals surface area contributed by atoms with Crippen LogP contribution in [0.25, 0.3) is 0 Å². The van der Waals surface area contributed by atoms with Crippen LogP contribution in [-0.4, -0.2) is 17.4 Å². The van der Waals surface area contributed by atoms with E-state index in [1.165, 1.54) is 11.1 Å². The molecule has 0 aliphatic carbocycles. The Labute approximate surface area is 119 Å². The lowest BCUT2D eigenvalue weighted by Crippen LogP contribution is -2.36. The van der Waals surface area contributed by atoms with Gasteiger partial charge >= 0.3 is 0 Å². The highest BCUT2D eigenvalue weighted by molar-refractivity contribution is 5.96. The Balaban J connectivity index is 1.86. The summed E-state index contributed by atoms with van der Waals surface area (Å²) in [6.45, 7) is 3.40. The number of amides is 1. The van der Waals surface area contributed by atoms with Crippen LogP contribution in [0.5, 0.6) is 0 Å². The molecule has 3 nitrogen and oxygen atoms in total. The molecule has 102 valence electrons. The van der Waals surface area contributed by atoms with Crippen LogP contribution in [-0.2, 0) is 13.0 Å². The molecule has 0 fully saturated rings. The van der Waals surface area contributed by atoms with Gasteiger partial charge in [0, 0.05) is 24.3 Å². The van der Waals surface area contributed by atoms with Crippen molar-refractivity contribution in [3.8, 4) is 0 Å². The van der Waals surface area contributed by atoms with Gasteiger partial charge in [0.05, 0.1) is 0 Å². The van der Waals surface area contributed by atoms with E-state index in [1.807, 2.05) is 30.0 Å². The van der Waals surface area contributed by atoms with E-state index in [0.29, 0.717) is 12.2 Å². The maximum Gasteiger partial charge on any atom is 0.254 e. The number of anilines is 1. The van der Waals surface area contributed by atoms with E-state index in [2.05, 4.69) is 18.2 Å². The van der Waals surface area contributed by atoms with E-state index >= 15 is 0 Å². The number of aryl methyl sites for hydroxylation is 1. The zero-order chi connectivity index (χ0) is 14.1. The molecule has 3 rings (SSSR count). The van der Waals surface area contributed by atoms with Crippen LogP contribution in [0.2, 0.25) is 0 Å². The number of nitrogen functional groups attached to an aromatic ring is 1. The molecule has 3 heteroatoms. The second-order valence-corrected chi connectivity index (χ2v) is 5.32. The predicted octanol–water partition coefficient (Wildman–Crippen LogP) is 2.78. The van der Waals surface area contributed by atoms with E-state index in [1.54, 1.807) is 6.07 Å². The van der Waals surface area contributed by atoms with Gasteiger partial charge in [0.15, 0.2) is 0 Å². The molecule has 2 aromatic carbocycles. The standard InChI is InChI=1S/C17H18N2O/c1-12-10-15(18)6-7-16(12)17(20)19-9-8-13-4-2-3-5-14(13)11-19/h2-7,10H,8-9,11,18H2,1H3. The Kier molecular flexibility index (Phi) is 3.18. The average Bonchev–Trinajstić information content (AvgIpc) is 2.46. The molecule has 0 spiro atoms. The van der Waals surface area contributed by atoms with Crippen LogP contribution in [0.3, 0.4) is 0 Å². The number of rotatable bonds is 1. The largest absolute Gasteiger partial charge is 0.399 e. The molecule has 0 radical (unpaired) electrons. The third kappa shape index (κ3) is 2.27. The van der Waals surface area contributed by atoms with Gasteiger partial charge in [0.1, 0.15) is 0 Å². The van der Waals surface area contributed by atoms with Gasteiger partial charge in [-0.25, -0.2) is 0 Å². The molecule has 0 bridgehead atoms. The summed E-state index contributed by atoms with van der Waals surface area (Å²) in [7, 11) is 0. The molecule has 1 aliphatic rings. The number of benzene rings is 2. The maximum atomic E-state index is 12.6. The molecule has 2 N–H and O–H groups in total. The molecule has 2 aromatic rings. The topological polar surface area (TPSA) is 46.3 Å². The fourth-order valence-corrected chi connectivity index (χ4v) is 2.77. The average molecular weight is 266 g/mol. The summed E-state index contributed by atoms with van der Waals surface area (Å²) in [4.78, 5) is 14.5. The predicted molar refractivity (Wildman–Crippen MR) is 80.5 cm³/mol. The van der Waals surface area contributed by atoms with Crippen molar-refractivity contribution >= 4 is 11.6 Å². The van der Waals surface area contributed by atoms with Crippen LogP contribution in [0, 0.1) is 6.92 Å². The zero-order valence-corrected chi connectivity index (χ0v) is 11.6. The van der Waals surface area contributed by atoms with Crippen molar-refractivity contribution in [2.45, 2.75) is 19.9 Å². The van der Waals surface area contributed by atoms with Gasteiger partial charge < -0.3 is 10.6 Å². The van der Waals surface area contributed by atoms with Crippen molar-refractivity contribution in [3.05, 3.63) is 64.7 Å². The van der Waals surface area contributed by atoms with Crippen molar-refractivity contribution < 1.29 is 4.79 Å². The number of hydrogen-bond acceptors (Lipinski definition) is 2. The first kappa shape index (κ1) is 12.7. The number of nitrogens with two attached hydrogens (primary N) is 1. The first-order chi connectivity index (χ1) is 9.65. The van der Waals surface area contributed by atoms with Gasteiger partial charge in [-0.2, -0.15) is 0 Å². The minimum Gasteiger partial charge on any atom is -0.399 e. The van der Waals surface area contributed by atoms with Gasteiger partial charge in [0.2, 0.25) is 0 Å². The summed E-state index contributed by atoms with van der Waals surface area (Å²) in [5.74, 6) is 0.0944. The number of nitrogens with zero attached hydrogens (tertiary/aromatic N) is 1. The summed E-state index contributed by atoms with van der Waals surface area (Å²) in [6, 6.07) is 13.8. The first-order valence-electron chi connectivity index (χ1n) is 6.87. The van der Waals surface area contributed by atoms with Crippen molar-refractivity contribution in [1.82, 2.24) is 4.90 Å². The lowest BCUT2D eigenvalue weighted by Gasteiger charge is -2.29. The van der Waals surface area contributed by atoms with E-state index in [9.17, 15) is 4.79 Å². The van der Waals surface area contributed by atoms with Crippen molar-refractivity contribution in [1.29, 1.82) is 0 Å². The van der Waals surface area contributed by atoms with Crippen molar-refractivity contribution in [2.24, 2.45) is 0 Å². The third-order valence-electron chi connectivity index (χ3n) is 3.90. The van der Waals surface area contributed by atoms with Gasteiger partial charge in [-0.15, -0.1) is 0 Å². The molecular formula is C17H18N2O. The number of carbonyl (C=O) groups is 1. The van der Waals surface area contributed by atoms with Crippen molar-refractivity contribution in [2.75, 3.05) is 12.3 Å². The van der Waals surface area contributed by atoms with Gasteiger partial charge in [-0.3, -0.25) is 4.79 Å². The lowest BCUT2D eigenvalue weighted by atomic mass is 9.98. The molecule has 1 amide bonds. The van der Waals surface area contributed by atoms with E-state index in [0.717, 1.165) is 24.1 Å². The molecule has 0 aromatic heterocycles. The molecule has 20 heavy (non-hydrogen) atoms. The van der Waals surface area contributed by atoms with Crippen LogP contribution < -0.4 is 5.73 Å². The summed E-state index contributed by atoms with van der Waals surface area (Å²) in [5.41, 5.74) is 10.7. The highest BCUT2D eigenvalue weighted by atomic mass is 16.2. The number of hydrogen-bond donors (Lipinski definition) is 1. The highest BCUT2D eigenvalue weighted by Crippen LogP contribution is 2.22. The van der Waals surface area contributed by atoms with Crippen LogP contribution in [0.15, 0.2) is 42.5 Å². The smallest absolute Gasteiger partial charge is 0.254 e. The van der Waals surface area contributed by atoms with Gasteiger partial charge in [-0.05, 0) is 48.2 Å². The van der Waals surface area contributed by atoms with Crippen molar-refractivity contribution in [3.63, 3.8) is 0 Å². The monoisotopic (exact) mass is 266 g/mol. The Morgan fingerprint density at radius 2 is 1.90 bits per heavy atom. The summed E-state index contributed by atoms with van der Waals surface area (Å²) < 4.78 is 0. The zero-order valence-electron chi connectivity index (χ0n) is 11.6. The van der Waals surface area contributed by atoms with Crippen LogP contribution in [0.4, 0.5) is 5.69 Å². The summed E-state index contributed by atoms with van der Waals surface area (Å²) >= 11 is 0. The number of carbonyl (C=O) groups excluding carboxylic acids is 1. The molecule has 1 heterocycles. The fraction of sp³-hybridized carbons (Fsp3) is 0.235. The fourth-order valence-electron chi connectivity index (χ4n) is 2.77. The second-order valence-electron chi connectivity index (χ2n) is 5.32. The molecule has 0 saturated heterocycles. The van der Waals surface area contributed by atoms with Gasteiger partial charge in [-0.1, -0.05) is 24.3 Å². The SMILES string of the molecule is Cc1cc(N)ccc1C(=O)N1CCc2ccccc2C1. The molecule has 0 saturated carbocycles. The quantitative estimate of drug-likeness (QED) is 0.807. The summed E-state index contributed by atoms with van der Waals surface area (Å²) in [6.07, 6.45) is 0.927. The molecule has 0 unspecified atom stereocenters. The minimum atomic E-state index is 0.0944. The third-order valence-corrected chi connectivity index (χ3v) is 3.90. The maximum absolute atomic E-state index is 12.6. The van der Waals surface area contributed by atoms with Crippen LogP contribution >= 0.6 is 0 Å². The summed E-state index contributed by atoms with van der Waals surface area (Å²) in [5, 5.41) is 0. The molecule has 1 aliphatic heterocycles. The van der Waals surface area contributed by atoms with E-state index in [-0.39, 0.29) is 5.91 Å². The number of fused-ring (bicyclic) bond motifs is 1. The normalized spacial score (nSPS) is 13.9. The lowest BCUT2D eigenvalue weighted by molar-refractivity contribution is 0.0734. The Bertz CT molecular complexity index is 664. The second kappa shape index (κ2) is 5.00. The van der Waals surface area contributed by atoms with E-state index < -0.39 is 0 Å². The van der Waals surface area contributed by atoms with E-state index in [4.69, 9.17) is 5.73 Å².